The van der Waals surface area contributed by atoms with E-state index in [1.54, 1.807) is 18.2 Å². The molecule has 1 rings (SSSR count). The first kappa shape index (κ1) is 24.0. The van der Waals surface area contributed by atoms with Gasteiger partial charge in [-0.1, -0.05) is 58.9 Å². The first-order valence-corrected chi connectivity index (χ1v) is 9.91. The summed E-state index contributed by atoms with van der Waals surface area (Å²) in [6.45, 7) is 13.3. The molecular formula is C24H28BrFO2. The average molecular weight is 447 g/mol. The van der Waals surface area contributed by atoms with Gasteiger partial charge in [-0.25, -0.2) is 4.39 Å². The number of ether oxygens (including phenoxy) is 1. The summed E-state index contributed by atoms with van der Waals surface area (Å²) in [4.78, 5) is 11.3. The van der Waals surface area contributed by atoms with Crippen molar-refractivity contribution in [1.29, 1.82) is 0 Å². The molecule has 150 valence electrons. The molecule has 0 saturated heterocycles. The summed E-state index contributed by atoms with van der Waals surface area (Å²) in [5.41, 5.74) is 4.66. The van der Waals surface area contributed by atoms with Crippen LogP contribution in [0.2, 0.25) is 0 Å². The van der Waals surface area contributed by atoms with Gasteiger partial charge in [0.1, 0.15) is 12.4 Å². The van der Waals surface area contributed by atoms with E-state index >= 15 is 0 Å². The fraction of sp³-hybridized carbons (Fsp3) is 0.292. The van der Waals surface area contributed by atoms with Crippen LogP contribution in [0.3, 0.4) is 0 Å². The number of hydrogen-bond acceptors (Lipinski definition) is 2. The first-order chi connectivity index (χ1) is 13.2. The number of allylic oxidation sites excluding steroid dienone is 7. The van der Waals surface area contributed by atoms with Crippen molar-refractivity contribution in [3.63, 3.8) is 0 Å². The molecule has 2 nitrogen and oxygen atoms in total. The number of carbonyl (C=O) groups is 1. The number of benzene rings is 1. The topological polar surface area (TPSA) is 26.3 Å². The third-order valence-electron chi connectivity index (χ3n) is 4.23. The molecule has 1 aromatic rings. The van der Waals surface area contributed by atoms with Crippen molar-refractivity contribution in [2.45, 2.75) is 40.7 Å². The Kier molecular flexibility index (Phi) is 10.0. The molecule has 1 atom stereocenters. The smallest absolute Gasteiger partial charge is 0.155 e. The zero-order valence-electron chi connectivity index (χ0n) is 17.2. The largest absolute Gasteiger partial charge is 0.366 e. The molecule has 0 aliphatic carbocycles. The van der Waals surface area contributed by atoms with E-state index in [1.807, 2.05) is 45.9 Å². The van der Waals surface area contributed by atoms with Crippen LogP contribution in [0, 0.1) is 5.82 Å². The molecule has 0 N–H and O–H groups in total. The second kappa shape index (κ2) is 11.7. The average Bonchev–Trinajstić information content (AvgIpc) is 2.65. The summed E-state index contributed by atoms with van der Waals surface area (Å²) in [6, 6.07) is 6.39. The van der Waals surface area contributed by atoms with Crippen molar-refractivity contribution >= 4 is 27.3 Å². The lowest BCUT2D eigenvalue weighted by atomic mass is 9.87. The summed E-state index contributed by atoms with van der Waals surface area (Å²) < 4.78 is 20.2. The fourth-order valence-corrected chi connectivity index (χ4v) is 2.96. The minimum atomic E-state index is -0.302. The van der Waals surface area contributed by atoms with Crippen LogP contribution >= 0.6 is 15.9 Å². The Bertz CT molecular complexity index is 823. The van der Waals surface area contributed by atoms with Gasteiger partial charge in [0.05, 0.1) is 6.10 Å². The number of halogens is 2. The molecule has 0 amide bonds. The van der Waals surface area contributed by atoms with E-state index < -0.39 is 0 Å². The van der Waals surface area contributed by atoms with Crippen LogP contribution in [0.25, 0.3) is 5.57 Å². The molecule has 0 heterocycles. The molecule has 28 heavy (non-hydrogen) atoms. The predicted octanol–water partition coefficient (Wildman–Crippen LogP) is 6.95. The van der Waals surface area contributed by atoms with Crippen molar-refractivity contribution in [3.8, 4) is 0 Å². The molecule has 0 radical (unpaired) electrons. The molecule has 4 heteroatoms. The van der Waals surface area contributed by atoms with Crippen molar-refractivity contribution in [2.24, 2.45) is 0 Å². The lowest BCUT2D eigenvalue weighted by Gasteiger charge is -2.22. The highest BCUT2D eigenvalue weighted by Gasteiger charge is 2.19. The molecule has 0 saturated carbocycles. The number of hydrogen-bond donors (Lipinski definition) is 0. The highest BCUT2D eigenvalue weighted by atomic mass is 79.9. The SMILES string of the molecule is C=CC(=C\C=C(/C)Br)/C(C)=C(\C(=C/C)C(C)OCC(C)=O)c1ccc(F)cc1. The normalized spacial score (nSPS) is 15.2. The Morgan fingerprint density at radius 2 is 1.82 bits per heavy atom. The van der Waals surface area contributed by atoms with Gasteiger partial charge in [-0.05, 0) is 79.1 Å². The lowest BCUT2D eigenvalue weighted by molar-refractivity contribution is -0.122. The summed E-state index contributed by atoms with van der Waals surface area (Å²) in [7, 11) is 0. The molecular weight excluding hydrogens is 419 g/mol. The van der Waals surface area contributed by atoms with Gasteiger partial charge in [0, 0.05) is 0 Å². The maximum Gasteiger partial charge on any atom is 0.155 e. The zero-order chi connectivity index (χ0) is 21.3. The summed E-state index contributed by atoms with van der Waals surface area (Å²) in [5, 5.41) is 0. The molecule has 0 aromatic heterocycles. The van der Waals surface area contributed by atoms with Crippen LogP contribution in [0.15, 0.2) is 76.4 Å². The molecule has 0 fully saturated rings. The van der Waals surface area contributed by atoms with E-state index in [9.17, 15) is 9.18 Å². The van der Waals surface area contributed by atoms with Gasteiger partial charge in [-0.2, -0.15) is 0 Å². The summed E-state index contributed by atoms with van der Waals surface area (Å²) in [6.07, 6.45) is 7.39. The highest BCUT2D eigenvalue weighted by molar-refractivity contribution is 9.11. The zero-order valence-corrected chi connectivity index (χ0v) is 18.8. The Labute approximate surface area is 176 Å². The molecule has 0 aliphatic heterocycles. The van der Waals surface area contributed by atoms with E-state index in [2.05, 4.69) is 22.5 Å². The van der Waals surface area contributed by atoms with Crippen LogP contribution in [0.5, 0.6) is 0 Å². The predicted molar refractivity (Wildman–Crippen MR) is 120 cm³/mol. The minimum absolute atomic E-state index is 0.0315. The van der Waals surface area contributed by atoms with Crippen molar-refractivity contribution in [3.05, 3.63) is 87.7 Å². The fourth-order valence-electron chi connectivity index (χ4n) is 2.83. The monoisotopic (exact) mass is 446 g/mol. The quantitative estimate of drug-likeness (QED) is 0.383. The molecule has 0 aliphatic rings. The maximum atomic E-state index is 13.5. The molecule has 1 unspecified atom stereocenters. The van der Waals surface area contributed by atoms with Crippen LogP contribution in [-0.4, -0.2) is 18.5 Å². The van der Waals surface area contributed by atoms with Crippen molar-refractivity contribution < 1.29 is 13.9 Å². The number of Topliss-reactive ketones (excluding diaryl/α,β-unsaturated/α-hetero) is 1. The van der Waals surface area contributed by atoms with E-state index in [4.69, 9.17) is 4.74 Å². The number of carbonyl (C=O) groups excluding carboxylic acids is 1. The van der Waals surface area contributed by atoms with Crippen LogP contribution in [-0.2, 0) is 9.53 Å². The Morgan fingerprint density at radius 1 is 1.21 bits per heavy atom. The van der Waals surface area contributed by atoms with Crippen molar-refractivity contribution in [1.82, 2.24) is 0 Å². The van der Waals surface area contributed by atoms with Crippen LogP contribution in [0.4, 0.5) is 4.39 Å². The lowest BCUT2D eigenvalue weighted by Crippen LogP contribution is -2.17. The Hall–Kier alpha value is -2.04. The standard InChI is InChI=1S/C24H28BrFO2/c1-7-20(10-9-16(3)25)18(5)24(21-11-13-22(26)14-12-21)23(8-2)19(6)28-15-17(4)27/h7-14,19H,1,15H2,2-6H3/b16-9+,20-10+,23-8-,24-18-. The second-order valence-electron chi connectivity index (χ2n) is 6.49. The van der Waals surface area contributed by atoms with Gasteiger partial charge in [-0.3, -0.25) is 4.79 Å². The Balaban J connectivity index is 3.61. The van der Waals surface area contributed by atoms with Gasteiger partial charge in [0.25, 0.3) is 0 Å². The second-order valence-corrected chi connectivity index (χ2v) is 7.74. The molecule has 1 aromatic carbocycles. The van der Waals surface area contributed by atoms with Gasteiger partial charge < -0.3 is 4.74 Å². The van der Waals surface area contributed by atoms with Gasteiger partial charge in [0.15, 0.2) is 5.78 Å². The minimum Gasteiger partial charge on any atom is -0.366 e. The number of rotatable bonds is 9. The number of ketones is 1. The van der Waals surface area contributed by atoms with Gasteiger partial charge >= 0.3 is 0 Å². The molecule has 0 bridgehead atoms. The third kappa shape index (κ3) is 7.17. The van der Waals surface area contributed by atoms with Gasteiger partial charge in [-0.15, -0.1) is 0 Å². The van der Waals surface area contributed by atoms with E-state index in [0.29, 0.717) is 0 Å². The van der Waals surface area contributed by atoms with Crippen LogP contribution in [0.1, 0.15) is 40.2 Å². The highest BCUT2D eigenvalue weighted by Crippen LogP contribution is 2.33. The van der Waals surface area contributed by atoms with E-state index in [1.165, 1.54) is 19.1 Å². The molecule has 0 spiro atoms. The van der Waals surface area contributed by atoms with E-state index in [-0.39, 0.29) is 24.3 Å². The maximum absolute atomic E-state index is 13.5. The van der Waals surface area contributed by atoms with Crippen LogP contribution < -0.4 is 0 Å². The summed E-state index contributed by atoms with van der Waals surface area (Å²) in [5.74, 6) is -0.322. The third-order valence-corrected chi connectivity index (χ3v) is 4.49. The Morgan fingerprint density at radius 3 is 2.29 bits per heavy atom. The van der Waals surface area contributed by atoms with Crippen molar-refractivity contribution in [2.75, 3.05) is 6.61 Å². The van der Waals surface area contributed by atoms with E-state index in [0.717, 1.165) is 32.3 Å². The first-order valence-electron chi connectivity index (χ1n) is 9.12. The van der Waals surface area contributed by atoms with Gasteiger partial charge in [0.2, 0.25) is 0 Å². The summed E-state index contributed by atoms with van der Waals surface area (Å²) >= 11 is 3.43.